The molecule has 0 aliphatic rings. The van der Waals surface area contributed by atoms with Crippen molar-refractivity contribution in [1.82, 2.24) is 0 Å². The molecule has 0 saturated carbocycles. The summed E-state index contributed by atoms with van der Waals surface area (Å²) in [6.45, 7) is 2.19. The van der Waals surface area contributed by atoms with Crippen LogP contribution in [0.2, 0.25) is 0 Å². The van der Waals surface area contributed by atoms with Gasteiger partial charge in [-0.05, 0) is 24.5 Å². The van der Waals surface area contributed by atoms with Gasteiger partial charge in [-0.1, -0.05) is 50.6 Å². The average molecular weight is 308 g/mol. The minimum Gasteiger partial charge on any atom is -0.502 e. The number of oxime groups is 1. The SMILES string of the molecule is CCCCCCCCCc1cc(C=NO)c(O)c([N+](=O)[O-])c1. The molecule has 0 amide bonds. The Bertz CT molecular complexity index is 515. The molecule has 0 radical (unpaired) electrons. The number of nitro groups is 1. The molecule has 122 valence electrons. The number of rotatable bonds is 10. The molecule has 0 heterocycles. The second kappa shape index (κ2) is 9.76. The molecule has 0 aliphatic heterocycles. The summed E-state index contributed by atoms with van der Waals surface area (Å²) in [7, 11) is 0. The highest BCUT2D eigenvalue weighted by molar-refractivity contribution is 5.85. The van der Waals surface area contributed by atoms with E-state index < -0.39 is 10.7 Å². The quantitative estimate of drug-likeness (QED) is 0.220. The summed E-state index contributed by atoms with van der Waals surface area (Å²) in [5.74, 6) is -0.467. The summed E-state index contributed by atoms with van der Waals surface area (Å²) in [4.78, 5) is 10.3. The van der Waals surface area contributed by atoms with Crippen molar-refractivity contribution in [2.24, 2.45) is 5.16 Å². The number of benzene rings is 1. The molecule has 1 aromatic carbocycles. The first-order valence-electron chi connectivity index (χ1n) is 7.77. The molecule has 1 aromatic rings. The van der Waals surface area contributed by atoms with Crippen molar-refractivity contribution in [1.29, 1.82) is 0 Å². The fraction of sp³-hybridized carbons (Fsp3) is 0.562. The summed E-state index contributed by atoms with van der Waals surface area (Å²) < 4.78 is 0. The normalized spacial score (nSPS) is 11.1. The maximum Gasteiger partial charge on any atom is 0.311 e. The lowest BCUT2D eigenvalue weighted by Crippen LogP contribution is -1.96. The fourth-order valence-corrected chi connectivity index (χ4v) is 2.43. The van der Waals surface area contributed by atoms with Crippen molar-refractivity contribution in [3.63, 3.8) is 0 Å². The number of unbranched alkanes of at least 4 members (excludes halogenated alkanes) is 6. The van der Waals surface area contributed by atoms with E-state index in [0.29, 0.717) is 6.42 Å². The molecular weight excluding hydrogens is 284 g/mol. The largest absolute Gasteiger partial charge is 0.502 e. The predicted octanol–water partition coefficient (Wildman–Crippen LogP) is 4.40. The van der Waals surface area contributed by atoms with E-state index in [1.807, 2.05) is 0 Å². The van der Waals surface area contributed by atoms with Crippen molar-refractivity contribution in [2.45, 2.75) is 58.3 Å². The molecule has 1 rings (SSSR count). The Labute approximate surface area is 130 Å². The third kappa shape index (κ3) is 5.71. The van der Waals surface area contributed by atoms with Gasteiger partial charge in [0.25, 0.3) is 0 Å². The van der Waals surface area contributed by atoms with Gasteiger partial charge in [0.1, 0.15) is 0 Å². The van der Waals surface area contributed by atoms with Gasteiger partial charge in [0.2, 0.25) is 5.75 Å². The summed E-state index contributed by atoms with van der Waals surface area (Å²) >= 11 is 0. The van der Waals surface area contributed by atoms with E-state index in [4.69, 9.17) is 5.21 Å². The van der Waals surface area contributed by atoms with Crippen LogP contribution in [0.15, 0.2) is 17.3 Å². The third-order valence-corrected chi connectivity index (χ3v) is 3.64. The number of phenols is 1. The Kier molecular flexibility index (Phi) is 7.96. The van der Waals surface area contributed by atoms with E-state index in [2.05, 4.69) is 12.1 Å². The van der Waals surface area contributed by atoms with E-state index in [9.17, 15) is 15.2 Å². The highest BCUT2D eigenvalue weighted by Gasteiger charge is 2.18. The minimum absolute atomic E-state index is 0.162. The topological polar surface area (TPSA) is 96.0 Å². The van der Waals surface area contributed by atoms with Crippen LogP contribution in [0.4, 0.5) is 5.69 Å². The Morgan fingerprint density at radius 2 is 1.82 bits per heavy atom. The number of phenolic OH excluding ortho intramolecular Hbond substituents is 1. The highest BCUT2D eigenvalue weighted by Crippen LogP contribution is 2.31. The van der Waals surface area contributed by atoms with Gasteiger partial charge in [0.15, 0.2) is 0 Å². The molecule has 22 heavy (non-hydrogen) atoms. The maximum absolute atomic E-state index is 10.9. The lowest BCUT2D eigenvalue weighted by molar-refractivity contribution is -0.385. The minimum atomic E-state index is -0.627. The average Bonchev–Trinajstić information content (AvgIpc) is 2.49. The number of hydrogen-bond acceptors (Lipinski definition) is 5. The first kappa shape index (κ1) is 17.9. The van der Waals surface area contributed by atoms with E-state index >= 15 is 0 Å². The van der Waals surface area contributed by atoms with Gasteiger partial charge < -0.3 is 10.3 Å². The van der Waals surface area contributed by atoms with Gasteiger partial charge in [-0.25, -0.2) is 0 Å². The molecule has 2 N–H and O–H groups in total. The van der Waals surface area contributed by atoms with E-state index in [0.717, 1.165) is 24.6 Å². The van der Waals surface area contributed by atoms with E-state index in [-0.39, 0.29) is 11.3 Å². The van der Waals surface area contributed by atoms with Crippen molar-refractivity contribution >= 4 is 11.9 Å². The lowest BCUT2D eigenvalue weighted by Gasteiger charge is -2.06. The summed E-state index contributed by atoms with van der Waals surface area (Å²) in [6.07, 6.45) is 9.92. The van der Waals surface area contributed by atoms with Crippen LogP contribution in [-0.4, -0.2) is 21.5 Å². The van der Waals surface area contributed by atoms with Crippen LogP contribution < -0.4 is 0 Å². The van der Waals surface area contributed by atoms with Gasteiger partial charge in [-0.3, -0.25) is 10.1 Å². The van der Waals surface area contributed by atoms with Gasteiger partial charge >= 0.3 is 5.69 Å². The standard InChI is InChI=1S/C16H24N2O4/c1-2-3-4-5-6-7-8-9-13-10-14(12-17-20)16(19)15(11-13)18(21)22/h10-12,19-20H,2-9H2,1H3. The summed E-state index contributed by atoms with van der Waals surface area (Å²) in [5.41, 5.74) is 0.581. The first-order chi connectivity index (χ1) is 10.6. The van der Waals surface area contributed by atoms with Crippen LogP contribution >= 0.6 is 0 Å². The Hall–Kier alpha value is -2.11. The number of hydrogen-bond donors (Lipinski definition) is 2. The Morgan fingerprint density at radius 3 is 2.41 bits per heavy atom. The molecule has 0 fully saturated rings. The van der Waals surface area contributed by atoms with E-state index in [1.54, 1.807) is 6.07 Å². The Balaban J connectivity index is 2.61. The number of nitrogens with zero attached hydrogens (tertiary/aromatic N) is 2. The van der Waals surface area contributed by atoms with E-state index in [1.165, 1.54) is 38.2 Å². The van der Waals surface area contributed by atoms with Crippen LogP contribution in [0.1, 0.15) is 63.0 Å². The molecule has 0 spiro atoms. The highest BCUT2D eigenvalue weighted by atomic mass is 16.6. The predicted molar refractivity (Wildman–Crippen MR) is 85.8 cm³/mol. The van der Waals surface area contributed by atoms with Crippen LogP contribution in [-0.2, 0) is 6.42 Å². The monoisotopic (exact) mass is 308 g/mol. The molecule has 0 bridgehead atoms. The van der Waals surface area contributed by atoms with Crippen molar-refractivity contribution < 1.29 is 15.2 Å². The maximum atomic E-state index is 10.9. The number of aromatic hydroxyl groups is 1. The molecule has 6 heteroatoms. The van der Waals surface area contributed by atoms with Crippen molar-refractivity contribution in [3.05, 3.63) is 33.4 Å². The molecule has 0 aliphatic carbocycles. The summed E-state index contributed by atoms with van der Waals surface area (Å²) in [6, 6.07) is 3.01. The second-order valence-electron chi connectivity index (χ2n) is 5.43. The molecule has 6 nitrogen and oxygen atoms in total. The van der Waals surface area contributed by atoms with Gasteiger partial charge in [0.05, 0.1) is 11.1 Å². The molecular formula is C16H24N2O4. The first-order valence-corrected chi connectivity index (χ1v) is 7.77. The summed E-state index contributed by atoms with van der Waals surface area (Å²) in [5, 5.41) is 32.1. The zero-order valence-electron chi connectivity index (χ0n) is 13.0. The van der Waals surface area contributed by atoms with Gasteiger partial charge in [-0.2, -0.15) is 0 Å². The zero-order chi connectivity index (χ0) is 16.4. The smallest absolute Gasteiger partial charge is 0.311 e. The van der Waals surface area contributed by atoms with Gasteiger partial charge in [-0.15, -0.1) is 0 Å². The second-order valence-corrected chi connectivity index (χ2v) is 5.43. The van der Waals surface area contributed by atoms with Crippen molar-refractivity contribution in [2.75, 3.05) is 0 Å². The van der Waals surface area contributed by atoms with Gasteiger partial charge in [0, 0.05) is 11.6 Å². The molecule has 0 atom stereocenters. The van der Waals surface area contributed by atoms with Crippen LogP contribution in [0.3, 0.4) is 0 Å². The Morgan fingerprint density at radius 1 is 1.18 bits per heavy atom. The van der Waals surface area contributed by atoms with Crippen molar-refractivity contribution in [3.8, 4) is 5.75 Å². The zero-order valence-corrected chi connectivity index (χ0v) is 13.0. The van der Waals surface area contributed by atoms with Crippen LogP contribution in [0.25, 0.3) is 0 Å². The third-order valence-electron chi connectivity index (χ3n) is 3.64. The van der Waals surface area contributed by atoms with Crippen LogP contribution in [0, 0.1) is 10.1 Å². The molecule has 0 unspecified atom stereocenters. The molecule has 0 saturated heterocycles. The lowest BCUT2D eigenvalue weighted by atomic mass is 10.0. The fourth-order valence-electron chi connectivity index (χ4n) is 2.43. The number of nitro benzene ring substituents is 1. The van der Waals surface area contributed by atoms with Crippen LogP contribution in [0.5, 0.6) is 5.75 Å². The molecule has 0 aromatic heterocycles. The number of aryl methyl sites for hydroxylation is 1.